The lowest BCUT2D eigenvalue weighted by Crippen LogP contribution is -2.34. The van der Waals surface area contributed by atoms with Gasteiger partial charge in [0.2, 0.25) is 5.91 Å². The molecule has 1 fully saturated rings. The topological polar surface area (TPSA) is 55.1 Å². The molecule has 1 aliphatic rings. The van der Waals surface area contributed by atoms with Gasteiger partial charge < -0.3 is 11.1 Å². The Labute approximate surface area is 67.3 Å². The Morgan fingerprint density at radius 3 is 2.91 bits per heavy atom. The van der Waals surface area contributed by atoms with Crippen LogP contribution in [0.4, 0.5) is 0 Å². The Bertz CT molecular complexity index is 130. The van der Waals surface area contributed by atoms with Crippen LogP contribution in [0.5, 0.6) is 0 Å². The zero-order chi connectivity index (χ0) is 8.10. The van der Waals surface area contributed by atoms with Gasteiger partial charge in [0.15, 0.2) is 0 Å². The highest BCUT2D eigenvalue weighted by Crippen LogP contribution is 2.10. The molecule has 1 rings (SSSR count). The summed E-state index contributed by atoms with van der Waals surface area (Å²) in [5.74, 6) is -0.183. The fourth-order valence-corrected chi connectivity index (χ4v) is 1.49. The van der Waals surface area contributed by atoms with Crippen LogP contribution in [0.25, 0.3) is 0 Å². The fraction of sp³-hybridized carbons (Fsp3) is 0.875. The van der Waals surface area contributed by atoms with Gasteiger partial charge in [-0.3, -0.25) is 4.79 Å². The second-order valence-electron chi connectivity index (χ2n) is 3.15. The number of carbonyl (C=O) groups excluding carboxylic acids is 1. The van der Waals surface area contributed by atoms with Crippen molar-refractivity contribution in [2.75, 3.05) is 6.54 Å². The Balaban J connectivity index is 2.09. The first-order chi connectivity index (χ1) is 5.29. The molecule has 0 saturated carbocycles. The smallest absolute Gasteiger partial charge is 0.217 e. The normalized spacial score (nSPS) is 24.9. The lowest BCUT2D eigenvalue weighted by molar-refractivity contribution is -0.118. The summed E-state index contributed by atoms with van der Waals surface area (Å²) in [7, 11) is 0. The summed E-state index contributed by atoms with van der Waals surface area (Å²) >= 11 is 0. The van der Waals surface area contributed by atoms with Crippen LogP contribution in [0.2, 0.25) is 0 Å². The molecular weight excluding hydrogens is 140 g/mol. The van der Waals surface area contributed by atoms with Gasteiger partial charge in [-0.15, -0.1) is 0 Å². The molecule has 1 heterocycles. The van der Waals surface area contributed by atoms with Gasteiger partial charge in [0, 0.05) is 12.5 Å². The lowest BCUT2D eigenvalue weighted by Gasteiger charge is -2.22. The standard InChI is InChI=1S/C8H16N2O/c9-8(11)5-4-7-3-1-2-6-10-7/h7,10H,1-6H2,(H2,9,11)/t7-/m1/s1. The van der Waals surface area contributed by atoms with Gasteiger partial charge >= 0.3 is 0 Å². The van der Waals surface area contributed by atoms with Gasteiger partial charge in [0.1, 0.15) is 0 Å². The third kappa shape index (κ3) is 3.37. The summed E-state index contributed by atoms with van der Waals surface area (Å²) < 4.78 is 0. The lowest BCUT2D eigenvalue weighted by atomic mass is 10.0. The number of nitrogens with two attached hydrogens (primary N) is 1. The Morgan fingerprint density at radius 1 is 1.55 bits per heavy atom. The first-order valence-electron chi connectivity index (χ1n) is 4.31. The monoisotopic (exact) mass is 156 g/mol. The molecule has 0 aliphatic carbocycles. The molecule has 3 heteroatoms. The van der Waals surface area contributed by atoms with Gasteiger partial charge in [-0.05, 0) is 25.8 Å². The molecule has 3 nitrogen and oxygen atoms in total. The van der Waals surface area contributed by atoms with Crippen LogP contribution in [-0.2, 0) is 4.79 Å². The summed E-state index contributed by atoms with van der Waals surface area (Å²) in [6.45, 7) is 1.10. The van der Waals surface area contributed by atoms with Gasteiger partial charge in [0.05, 0.1) is 0 Å². The Kier molecular flexibility index (Phi) is 3.36. The van der Waals surface area contributed by atoms with Crippen molar-refractivity contribution in [3.63, 3.8) is 0 Å². The summed E-state index contributed by atoms with van der Waals surface area (Å²) in [5, 5.41) is 3.37. The minimum Gasteiger partial charge on any atom is -0.370 e. The van der Waals surface area contributed by atoms with E-state index in [9.17, 15) is 4.79 Å². The predicted octanol–water partition coefficient (Wildman–Crippen LogP) is 0.394. The average molecular weight is 156 g/mol. The second kappa shape index (κ2) is 4.34. The van der Waals surface area contributed by atoms with Crippen LogP contribution in [0, 0.1) is 0 Å². The number of rotatable bonds is 3. The third-order valence-corrected chi connectivity index (χ3v) is 2.15. The second-order valence-corrected chi connectivity index (χ2v) is 3.15. The summed E-state index contributed by atoms with van der Waals surface area (Å²) in [4.78, 5) is 10.4. The summed E-state index contributed by atoms with van der Waals surface area (Å²) in [5.41, 5.74) is 5.04. The van der Waals surface area contributed by atoms with Crippen molar-refractivity contribution in [3.05, 3.63) is 0 Å². The summed E-state index contributed by atoms with van der Waals surface area (Å²) in [6.07, 6.45) is 5.20. The number of hydrogen-bond acceptors (Lipinski definition) is 2. The van der Waals surface area contributed by atoms with E-state index in [4.69, 9.17) is 5.73 Å². The minimum absolute atomic E-state index is 0.183. The van der Waals surface area contributed by atoms with E-state index in [0.29, 0.717) is 12.5 Å². The number of primary amides is 1. The molecule has 0 aromatic heterocycles. The summed E-state index contributed by atoms with van der Waals surface area (Å²) in [6, 6.07) is 0.538. The molecular formula is C8H16N2O. The van der Waals surface area contributed by atoms with Crippen molar-refractivity contribution in [2.24, 2.45) is 5.73 Å². The molecule has 0 aromatic carbocycles. The molecule has 11 heavy (non-hydrogen) atoms. The van der Waals surface area contributed by atoms with Crippen LogP contribution in [-0.4, -0.2) is 18.5 Å². The maximum absolute atomic E-state index is 10.4. The average Bonchev–Trinajstić information content (AvgIpc) is 2.03. The molecule has 1 amide bonds. The van der Waals surface area contributed by atoms with Gasteiger partial charge in [-0.25, -0.2) is 0 Å². The highest BCUT2D eigenvalue weighted by atomic mass is 16.1. The van der Waals surface area contributed by atoms with E-state index in [2.05, 4.69) is 5.32 Å². The van der Waals surface area contributed by atoms with Crippen LogP contribution in [0.15, 0.2) is 0 Å². The maximum atomic E-state index is 10.4. The van der Waals surface area contributed by atoms with Crippen molar-refractivity contribution < 1.29 is 4.79 Å². The van der Waals surface area contributed by atoms with Gasteiger partial charge in [-0.2, -0.15) is 0 Å². The van der Waals surface area contributed by atoms with Crippen molar-refractivity contribution in [1.82, 2.24) is 5.32 Å². The van der Waals surface area contributed by atoms with E-state index in [1.165, 1.54) is 19.3 Å². The molecule has 1 atom stereocenters. The molecule has 0 spiro atoms. The fourth-order valence-electron chi connectivity index (χ4n) is 1.49. The largest absolute Gasteiger partial charge is 0.370 e. The van der Waals surface area contributed by atoms with E-state index < -0.39 is 0 Å². The minimum atomic E-state index is -0.183. The van der Waals surface area contributed by atoms with Crippen molar-refractivity contribution in [1.29, 1.82) is 0 Å². The molecule has 0 bridgehead atoms. The number of carbonyl (C=O) groups is 1. The number of piperidine rings is 1. The van der Waals surface area contributed by atoms with Crippen LogP contribution < -0.4 is 11.1 Å². The maximum Gasteiger partial charge on any atom is 0.217 e. The molecule has 0 radical (unpaired) electrons. The molecule has 0 unspecified atom stereocenters. The van der Waals surface area contributed by atoms with Crippen LogP contribution in [0.3, 0.4) is 0 Å². The Morgan fingerprint density at radius 2 is 2.36 bits per heavy atom. The first-order valence-corrected chi connectivity index (χ1v) is 4.31. The first kappa shape index (κ1) is 8.53. The van der Waals surface area contributed by atoms with Crippen LogP contribution >= 0.6 is 0 Å². The van der Waals surface area contributed by atoms with Gasteiger partial charge in [0.25, 0.3) is 0 Å². The number of nitrogens with one attached hydrogen (secondary N) is 1. The molecule has 64 valence electrons. The van der Waals surface area contributed by atoms with Crippen LogP contribution in [0.1, 0.15) is 32.1 Å². The van der Waals surface area contributed by atoms with E-state index >= 15 is 0 Å². The van der Waals surface area contributed by atoms with E-state index in [-0.39, 0.29) is 5.91 Å². The Hall–Kier alpha value is -0.570. The van der Waals surface area contributed by atoms with Crippen molar-refractivity contribution in [3.8, 4) is 0 Å². The van der Waals surface area contributed by atoms with E-state index in [0.717, 1.165) is 13.0 Å². The highest BCUT2D eigenvalue weighted by molar-refractivity contribution is 5.73. The predicted molar refractivity (Wildman–Crippen MR) is 44.1 cm³/mol. The zero-order valence-electron chi connectivity index (χ0n) is 6.81. The van der Waals surface area contributed by atoms with E-state index in [1.54, 1.807) is 0 Å². The quantitative estimate of drug-likeness (QED) is 0.621. The molecule has 3 N–H and O–H groups in total. The third-order valence-electron chi connectivity index (χ3n) is 2.15. The SMILES string of the molecule is NC(=O)CC[C@H]1CCCCN1. The highest BCUT2D eigenvalue weighted by Gasteiger charge is 2.12. The molecule has 1 aliphatic heterocycles. The number of hydrogen-bond donors (Lipinski definition) is 2. The zero-order valence-corrected chi connectivity index (χ0v) is 6.81. The van der Waals surface area contributed by atoms with E-state index in [1.807, 2.05) is 0 Å². The molecule has 1 saturated heterocycles. The van der Waals surface area contributed by atoms with Crippen molar-refractivity contribution in [2.45, 2.75) is 38.1 Å². The number of amides is 1. The molecule has 0 aromatic rings. The van der Waals surface area contributed by atoms with Gasteiger partial charge in [-0.1, -0.05) is 6.42 Å². The van der Waals surface area contributed by atoms with Crippen molar-refractivity contribution >= 4 is 5.91 Å².